The van der Waals surface area contributed by atoms with Crippen molar-refractivity contribution in [1.29, 1.82) is 0 Å². The number of nitrogens with zero attached hydrogens (tertiary/aromatic N) is 3. The van der Waals surface area contributed by atoms with Crippen LogP contribution in [0.2, 0.25) is 0 Å². The van der Waals surface area contributed by atoms with Crippen molar-refractivity contribution in [2.45, 2.75) is 30.7 Å². The van der Waals surface area contributed by atoms with Crippen molar-refractivity contribution < 1.29 is 19.1 Å². The molecule has 0 aliphatic heterocycles. The zero-order chi connectivity index (χ0) is 16.5. The van der Waals surface area contributed by atoms with Crippen LogP contribution in [0.5, 0.6) is 0 Å². The summed E-state index contributed by atoms with van der Waals surface area (Å²) >= 11 is 1.28. The Balaban J connectivity index is 2.57. The lowest BCUT2D eigenvalue weighted by atomic mass is 10.4. The van der Waals surface area contributed by atoms with Crippen molar-refractivity contribution in [3.63, 3.8) is 0 Å². The Hall–Kier alpha value is -1.61. The van der Waals surface area contributed by atoms with Crippen LogP contribution in [-0.4, -0.2) is 58.8 Å². The topological polar surface area (TPSA) is 95.3 Å². The molecule has 9 heteroatoms. The molecule has 124 valence electrons. The number of carbonyl (C=O) groups excluding carboxylic acids is 2. The van der Waals surface area contributed by atoms with Gasteiger partial charge >= 0.3 is 5.97 Å². The number of aromatic nitrogens is 3. The molecule has 0 spiro atoms. The van der Waals surface area contributed by atoms with E-state index in [-0.39, 0.29) is 23.5 Å². The van der Waals surface area contributed by atoms with Crippen LogP contribution >= 0.6 is 11.8 Å². The van der Waals surface area contributed by atoms with Gasteiger partial charge in [-0.25, -0.2) is 0 Å². The maximum atomic E-state index is 11.9. The lowest BCUT2D eigenvalue weighted by Gasteiger charge is -2.11. The summed E-state index contributed by atoms with van der Waals surface area (Å²) < 4.78 is 11.5. The van der Waals surface area contributed by atoms with Crippen molar-refractivity contribution in [1.82, 2.24) is 20.1 Å². The van der Waals surface area contributed by atoms with Crippen molar-refractivity contribution in [2.75, 3.05) is 26.9 Å². The molecule has 0 aliphatic carbocycles. The third kappa shape index (κ3) is 5.64. The number of amides is 1. The first-order valence-corrected chi connectivity index (χ1v) is 7.84. The monoisotopic (exact) mass is 330 g/mol. The van der Waals surface area contributed by atoms with Gasteiger partial charge in [-0.05, 0) is 13.8 Å². The average Bonchev–Trinajstić information content (AvgIpc) is 2.80. The molecule has 1 rings (SSSR count). The maximum Gasteiger partial charge on any atom is 0.313 e. The molecule has 22 heavy (non-hydrogen) atoms. The molecule has 0 saturated carbocycles. The molecular formula is C13H22N4O4S. The number of rotatable bonds is 9. The molecule has 8 nitrogen and oxygen atoms in total. The number of ether oxygens (including phenoxy) is 2. The van der Waals surface area contributed by atoms with Gasteiger partial charge in [-0.15, -0.1) is 10.2 Å². The van der Waals surface area contributed by atoms with Crippen LogP contribution in [0.1, 0.15) is 19.7 Å². The molecule has 1 aromatic heterocycles. The Morgan fingerprint density at radius 1 is 1.41 bits per heavy atom. The van der Waals surface area contributed by atoms with Crippen LogP contribution < -0.4 is 5.32 Å². The molecule has 0 radical (unpaired) electrons. The van der Waals surface area contributed by atoms with E-state index in [0.29, 0.717) is 30.7 Å². The Labute approximate surface area is 133 Å². The second-order valence-electron chi connectivity index (χ2n) is 4.48. The van der Waals surface area contributed by atoms with Crippen LogP contribution in [0.3, 0.4) is 0 Å². The third-order valence-electron chi connectivity index (χ3n) is 2.79. The second-order valence-corrected chi connectivity index (χ2v) is 5.79. The van der Waals surface area contributed by atoms with E-state index >= 15 is 0 Å². The van der Waals surface area contributed by atoms with Crippen LogP contribution in [0.4, 0.5) is 0 Å². The van der Waals surface area contributed by atoms with Gasteiger partial charge in [-0.1, -0.05) is 11.8 Å². The summed E-state index contributed by atoms with van der Waals surface area (Å²) in [6, 6.07) is 0. The van der Waals surface area contributed by atoms with E-state index in [2.05, 4.69) is 15.5 Å². The second kappa shape index (κ2) is 9.42. The quantitative estimate of drug-likeness (QED) is 0.391. The first kappa shape index (κ1) is 18.4. The Kier molecular flexibility index (Phi) is 7.89. The fraction of sp³-hybridized carbons (Fsp3) is 0.692. The lowest BCUT2D eigenvalue weighted by molar-refractivity contribution is -0.142. The highest BCUT2D eigenvalue weighted by Gasteiger charge is 2.19. The number of methoxy groups -OCH3 is 1. The summed E-state index contributed by atoms with van der Waals surface area (Å²) in [4.78, 5) is 23.3. The third-order valence-corrected chi connectivity index (χ3v) is 3.92. The highest BCUT2D eigenvalue weighted by atomic mass is 32.2. The van der Waals surface area contributed by atoms with Crippen LogP contribution in [-0.2, 0) is 32.5 Å². The molecule has 1 amide bonds. The summed E-state index contributed by atoms with van der Waals surface area (Å²) in [6.07, 6.45) is 0.0618. The maximum absolute atomic E-state index is 11.9. The molecule has 1 heterocycles. The zero-order valence-corrected chi connectivity index (χ0v) is 14.1. The number of hydrogen-bond acceptors (Lipinski definition) is 7. The van der Waals surface area contributed by atoms with E-state index in [1.54, 1.807) is 32.6 Å². The normalized spacial score (nSPS) is 12.0. The van der Waals surface area contributed by atoms with Crippen molar-refractivity contribution in [3.05, 3.63) is 5.82 Å². The van der Waals surface area contributed by atoms with E-state index in [4.69, 9.17) is 9.47 Å². The van der Waals surface area contributed by atoms with E-state index < -0.39 is 0 Å². The minimum absolute atomic E-state index is 0.0618. The van der Waals surface area contributed by atoms with Gasteiger partial charge in [0.2, 0.25) is 5.91 Å². The standard InChI is InChI=1S/C13H22N4O4S/c1-5-21-11(18)8-10-15-16-13(17(10)3)22-9(2)12(19)14-6-7-20-4/h9H,5-8H2,1-4H3,(H,14,19)/t9-/m1/s1. The van der Waals surface area contributed by atoms with Gasteiger partial charge in [0.1, 0.15) is 12.2 Å². The van der Waals surface area contributed by atoms with Gasteiger partial charge in [-0.3, -0.25) is 9.59 Å². The van der Waals surface area contributed by atoms with Crippen LogP contribution in [0, 0.1) is 0 Å². The molecule has 0 aromatic carbocycles. The van der Waals surface area contributed by atoms with E-state index in [1.807, 2.05) is 0 Å². The highest BCUT2D eigenvalue weighted by Crippen LogP contribution is 2.21. The summed E-state index contributed by atoms with van der Waals surface area (Å²) in [5, 5.41) is 11.0. The molecule has 0 unspecified atom stereocenters. The first-order chi connectivity index (χ1) is 10.5. The Bertz CT molecular complexity index is 506. The minimum Gasteiger partial charge on any atom is -0.466 e. The Morgan fingerprint density at radius 3 is 2.77 bits per heavy atom. The van der Waals surface area contributed by atoms with Crippen LogP contribution in [0.15, 0.2) is 5.16 Å². The number of thioether (sulfide) groups is 1. The predicted molar refractivity (Wildman–Crippen MR) is 81.5 cm³/mol. The minimum atomic E-state index is -0.347. The molecule has 1 N–H and O–H groups in total. The molecule has 0 aliphatic rings. The molecule has 1 atom stereocenters. The fourth-order valence-electron chi connectivity index (χ4n) is 1.57. The summed E-state index contributed by atoms with van der Waals surface area (Å²) in [5.74, 6) is 0.0600. The fourth-order valence-corrected chi connectivity index (χ4v) is 2.43. The van der Waals surface area contributed by atoms with E-state index in [0.717, 1.165) is 0 Å². The molecule has 0 saturated heterocycles. The van der Waals surface area contributed by atoms with Crippen molar-refractivity contribution in [3.8, 4) is 0 Å². The SMILES string of the molecule is CCOC(=O)Cc1nnc(S[C@H](C)C(=O)NCCOC)n1C. The number of carbonyl (C=O) groups is 2. The van der Waals surface area contributed by atoms with Gasteiger partial charge < -0.3 is 19.4 Å². The lowest BCUT2D eigenvalue weighted by Crippen LogP contribution is -2.33. The van der Waals surface area contributed by atoms with Gasteiger partial charge in [0.05, 0.1) is 18.5 Å². The first-order valence-electron chi connectivity index (χ1n) is 6.96. The predicted octanol–water partition coefficient (Wildman–Crippen LogP) is 0.164. The summed E-state index contributed by atoms with van der Waals surface area (Å²) in [6.45, 7) is 4.80. The van der Waals surface area contributed by atoms with Gasteiger partial charge in [-0.2, -0.15) is 0 Å². The average molecular weight is 330 g/mol. The molecular weight excluding hydrogens is 308 g/mol. The summed E-state index contributed by atoms with van der Waals surface area (Å²) in [5.41, 5.74) is 0. The van der Waals surface area contributed by atoms with E-state index in [9.17, 15) is 9.59 Å². The zero-order valence-electron chi connectivity index (χ0n) is 13.3. The van der Waals surface area contributed by atoms with Crippen LogP contribution in [0.25, 0.3) is 0 Å². The van der Waals surface area contributed by atoms with E-state index in [1.165, 1.54) is 11.8 Å². The highest BCUT2D eigenvalue weighted by molar-refractivity contribution is 8.00. The van der Waals surface area contributed by atoms with Gasteiger partial charge in [0.25, 0.3) is 0 Å². The number of esters is 1. The molecule has 0 fully saturated rings. The van der Waals surface area contributed by atoms with Crippen molar-refractivity contribution >= 4 is 23.6 Å². The molecule has 0 bridgehead atoms. The molecule has 1 aromatic rings. The Morgan fingerprint density at radius 2 is 2.14 bits per heavy atom. The largest absolute Gasteiger partial charge is 0.466 e. The van der Waals surface area contributed by atoms with Gasteiger partial charge in [0.15, 0.2) is 5.16 Å². The summed E-state index contributed by atoms with van der Waals surface area (Å²) in [7, 11) is 3.33. The van der Waals surface area contributed by atoms with Gasteiger partial charge in [0, 0.05) is 20.7 Å². The van der Waals surface area contributed by atoms with Crippen molar-refractivity contribution in [2.24, 2.45) is 7.05 Å². The smallest absolute Gasteiger partial charge is 0.313 e. The number of hydrogen-bond donors (Lipinski definition) is 1. The number of nitrogens with one attached hydrogen (secondary N) is 1.